The maximum atomic E-state index is 8.51. The lowest BCUT2D eigenvalue weighted by atomic mass is 10.2. The lowest BCUT2D eigenvalue weighted by molar-refractivity contribution is 0.626. The van der Waals surface area contributed by atoms with E-state index in [2.05, 4.69) is 23.4 Å². The monoisotopic (exact) mass is 316 g/mol. The van der Waals surface area contributed by atoms with Crippen LogP contribution < -0.4 is 5.32 Å². The average Bonchev–Trinajstić information content (AvgIpc) is 2.79. The summed E-state index contributed by atoms with van der Waals surface area (Å²) in [4.78, 5) is 0. The molecule has 0 atom stereocenters. The van der Waals surface area contributed by atoms with Crippen molar-refractivity contribution in [1.29, 1.82) is 5.26 Å². The smallest absolute Gasteiger partial charge is 0.0649 e. The van der Waals surface area contributed by atoms with Crippen LogP contribution >= 0.6 is 11.6 Å². The van der Waals surface area contributed by atoms with Gasteiger partial charge in [-0.3, -0.25) is 0 Å². The highest BCUT2D eigenvalue weighted by Crippen LogP contribution is 2.19. The highest BCUT2D eigenvalue weighted by Gasteiger charge is 2.12. The number of nitrogens with zero attached hydrogens (tertiary/aromatic N) is 3. The molecular formula is C17H21ClN4. The number of rotatable bonds is 7. The van der Waals surface area contributed by atoms with E-state index in [1.165, 1.54) is 5.56 Å². The van der Waals surface area contributed by atoms with Gasteiger partial charge in [0.15, 0.2) is 0 Å². The summed E-state index contributed by atoms with van der Waals surface area (Å²) in [5.41, 5.74) is 4.43. The zero-order valence-electron chi connectivity index (χ0n) is 13.1. The fraction of sp³-hybridized carbons (Fsp3) is 0.412. The second-order valence-electron chi connectivity index (χ2n) is 5.33. The van der Waals surface area contributed by atoms with Crippen molar-refractivity contribution >= 4 is 11.6 Å². The Hall–Kier alpha value is -1.83. The number of benzene rings is 1. The first-order chi connectivity index (χ1) is 10.6. The molecule has 0 aliphatic heterocycles. The van der Waals surface area contributed by atoms with E-state index in [0.717, 1.165) is 48.0 Å². The third-order valence-corrected chi connectivity index (χ3v) is 3.96. The SMILES string of the molecule is Cc1nn(-c2ccc(Cl)cc2)c(C)c1CNCCCCC#N. The molecule has 0 bridgehead atoms. The minimum atomic E-state index is 0.633. The van der Waals surface area contributed by atoms with Crippen LogP contribution in [0.1, 0.15) is 36.2 Å². The number of halogens is 1. The molecule has 0 fully saturated rings. The second-order valence-corrected chi connectivity index (χ2v) is 5.77. The molecule has 1 N–H and O–H groups in total. The molecule has 0 aliphatic carbocycles. The number of aryl methyl sites for hydroxylation is 1. The van der Waals surface area contributed by atoms with Crippen molar-refractivity contribution in [2.24, 2.45) is 0 Å². The zero-order valence-corrected chi connectivity index (χ0v) is 13.8. The Balaban J connectivity index is 2.01. The number of hydrogen-bond donors (Lipinski definition) is 1. The standard InChI is InChI=1S/C17H21ClN4/c1-13-17(12-20-11-5-3-4-10-19)14(2)22(21-13)16-8-6-15(18)7-9-16/h6-9,20H,3-5,11-12H2,1-2H3. The van der Waals surface area contributed by atoms with E-state index in [0.29, 0.717) is 6.42 Å². The number of nitriles is 1. The van der Waals surface area contributed by atoms with E-state index in [4.69, 9.17) is 16.9 Å². The van der Waals surface area contributed by atoms with Crippen molar-refractivity contribution in [1.82, 2.24) is 15.1 Å². The molecule has 0 spiro atoms. The summed E-state index contributed by atoms with van der Waals surface area (Å²) in [6, 6.07) is 9.87. The Kier molecular flexibility index (Phi) is 6.00. The Labute approximate surface area is 136 Å². The summed E-state index contributed by atoms with van der Waals surface area (Å²) in [5.74, 6) is 0. The largest absolute Gasteiger partial charge is 0.313 e. The molecular weight excluding hydrogens is 296 g/mol. The normalized spacial score (nSPS) is 10.6. The van der Waals surface area contributed by atoms with Gasteiger partial charge in [-0.2, -0.15) is 10.4 Å². The molecule has 2 rings (SSSR count). The summed E-state index contributed by atoms with van der Waals surface area (Å²) in [6.07, 6.45) is 2.61. The van der Waals surface area contributed by atoms with Gasteiger partial charge in [0.1, 0.15) is 0 Å². The van der Waals surface area contributed by atoms with Gasteiger partial charge in [0.05, 0.1) is 17.5 Å². The minimum Gasteiger partial charge on any atom is -0.313 e. The van der Waals surface area contributed by atoms with E-state index in [1.54, 1.807) is 0 Å². The summed E-state index contributed by atoms with van der Waals surface area (Å²) in [6.45, 7) is 5.85. The average molecular weight is 317 g/mol. The third kappa shape index (κ3) is 4.09. The van der Waals surface area contributed by atoms with Gasteiger partial charge in [0, 0.05) is 29.2 Å². The van der Waals surface area contributed by atoms with Crippen LogP contribution in [-0.2, 0) is 6.54 Å². The van der Waals surface area contributed by atoms with E-state index in [1.807, 2.05) is 35.9 Å². The molecule has 5 heteroatoms. The minimum absolute atomic E-state index is 0.633. The van der Waals surface area contributed by atoms with Gasteiger partial charge in [-0.25, -0.2) is 4.68 Å². The quantitative estimate of drug-likeness (QED) is 0.787. The number of nitrogens with one attached hydrogen (secondary N) is 1. The van der Waals surface area contributed by atoms with Crippen molar-refractivity contribution in [3.8, 4) is 11.8 Å². The van der Waals surface area contributed by atoms with E-state index >= 15 is 0 Å². The van der Waals surface area contributed by atoms with Crippen LogP contribution in [-0.4, -0.2) is 16.3 Å². The van der Waals surface area contributed by atoms with Crippen molar-refractivity contribution < 1.29 is 0 Å². The maximum absolute atomic E-state index is 8.51. The second kappa shape index (κ2) is 7.98. The number of unbranched alkanes of at least 4 members (excludes halogenated alkanes) is 2. The molecule has 0 aliphatic rings. The van der Waals surface area contributed by atoms with Crippen LogP contribution in [0, 0.1) is 25.2 Å². The fourth-order valence-electron chi connectivity index (χ4n) is 2.43. The molecule has 1 heterocycles. The lowest BCUT2D eigenvalue weighted by Crippen LogP contribution is -2.15. The Bertz CT molecular complexity index is 653. The molecule has 0 amide bonds. The molecule has 1 aromatic carbocycles. The van der Waals surface area contributed by atoms with Gasteiger partial charge >= 0.3 is 0 Å². The Morgan fingerprint density at radius 3 is 2.64 bits per heavy atom. The number of hydrogen-bond acceptors (Lipinski definition) is 3. The first kappa shape index (κ1) is 16.5. The lowest BCUT2D eigenvalue weighted by Gasteiger charge is -2.07. The van der Waals surface area contributed by atoms with Crippen molar-refractivity contribution in [3.63, 3.8) is 0 Å². The van der Waals surface area contributed by atoms with Gasteiger partial charge in [0.2, 0.25) is 0 Å². The van der Waals surface area contributed by atoms with Gasteiger partial charge in [0.25, 0.3) is 0 Å². The van der Waals surface area contributed by atoms with Gasteiger partial charge in [-0.15, -0.1) is 0 Å². The molecule has 0 radical (unpaired) electrons. The van der Waals surface area contributed by atoms with Crippen LogP contribution in [0.15, 0.2) is 24.3 Å². The molecule has 22 heavy (non-hydrogen) atoms. The van der Waals surface area contributed by atoms with Gasteiger partial charge in [-0.1, -0.05) is 11.6 Å². The highest BCUT2D eigenvalue weighted by molar-refractivity contribution is 6.30. The fourth-order valence-corrected chi connectivity index (χ4v) is 2.56. The summed E-state index contributed by atoms with van der Waals surface area (Å²) < 4.78 is 1.96. The molecule has 2 aromatic rings. The van der Waals surface area contributed by atoms with Crippen LogP contribution in [0.3, 0.4) is 0 Å². The Morgan fingerprint density at radius 1 is 1.23 bits per heavy atom. The molecule has 4 nitrogen and oxygen atoms in total. The first-order valence-corrected chi connectivity index (χ1v) is 7.90. The van der Waals surface area contributed by atoms with Crippen molar-refractivity contribution in [2.45, 2.75) is 39.7 Å². The topological polar surface area (TPSA) is 53.6 Å². The molecule has 1 aromatic heterocycles. The Morgan fingerprint density at radius 2 is 1.95 bits per heavy atom. The van der Waals surface area contributed by atoms with Crippen molar-refractivity contribution in [3.05, 3.63) is 46.2 Å². The summed E-state index contributed by atoms with van der Waals surface area (Å²) >= 11 is 5.94. The van der Waals surface area contributed by atoms with Crippen LogP contribution in [0.2, 0.25) is 5.02 Å². The van der Waals surface area contributed by atoms with Crippen LogP contribution in [0.5, 0.6) is 0 Å². The molecule has 0 saturated heterocycles. The van der Waals surface area contributed by atoms with E-state index < -0.39 is 0 Å². The van der Waals surface area contributed by atoms with Crippen LogP contribution in [0.4, 0.5) is 0 Å². The van der Waals surface area contributed by atoms with Gasteiger partial charge in [-0.05, 0) is 57.5 Å². The maximum Gasteiger partial charge on any atom is 0.0649 e. The van der Waals surface area contributed by atoms with Gasteiger partial charge < -0.3 is 5.32 Å². The predicted molar refractivity (Wildman–Crippen MR) is 89.2 cm³/mol. The van der Waals surface area contributed by atoms with Crippen LogP contribution in [0.25, 0.3) is 5.69 Å². The first-order valence-electron chi connectivity index (χ1n) is 7.52. The van der Waals surface area contributed by atoms with E-state index in [9.17, 15) is 0 Å². The molecule has 116 valence electrons. The highest BCUT2D eigenvalue weighted by atomic mass is 35.5. The molecule has 0 saturated carbocycles. The zero-order chi connectivity index (χ0) is 15.9. The van der Waals surface area contributed by atoms with Crippen molar-refractivity contribution in [2.75, 3.05) is 6.54 Å². The van der Waals surface area contributed by atoms with E-state index in [-0.39, 0.29) is 0 Å². The molecule has 0 unspecified atom stereocenters. The third-order valence-electron chi connectivity index (χ3n) is 3.71. The predicted octanol–water partition coefficient (Wildman–Crippen LogP) is 3.93. The number of aromatic nitrogens is 2. The summed E-state index contributed by atoms with van der Waals surface area (Å²) in [5, 5.41) is 17.3. The summed E-state index contributed by atoms with van der Waals surface area (Å²) in [7, 11) is 0.